The summed E-state index contributed by atoms with van der Waals surface area (Å²) in [7, 11) is 0. The molecule has 0 unspecified atom stereocenters. The average Bonchev–Trinajstić information content (AvgIpc) is 2.95. The lowest BCUT2D eigenvalue weighted by Crippen LogP contribution is -2.37. The van der Waals surface area contributed by atoms with Gasteiger partial charge in [0.05, 0.1) is 0 Å². The third-order valence-electron chi connectivity index (χ3n) is 4.40. The minimum absolute atomic E-state index is 0.180. The quantitative estimate of drug-likeness (QED) is 0.810. The number of benzene rings is 1. The molecule has 5 nitrogen and oxygen atoms in total. The van der Waals surface area contributed by atoms with E-state index in [1.807, 2.05) is 37.8 Å². The molecule has 1 amide bonds. The highest BCUT2D eigenvalue weighted by Crippen LogP contribution is 2.34. The zero-order valence-electron chi connectivity index (χ0n) is 13.6. The minimum Gasteiger partial charge on any atom is -0.444 e. The zero-order chi connectivity index (χ0) is 15.9. The fourth-order valence-corrected chi connectivity index (χ4v) is 3.36. The van der Waals surface area contributed by atoms with Crippen LogP contribution in [0.5, 0.6) is 0 Å². The number of nitrogens with two attached hydrogens (primary N) is 1. The smallest absolute Gasteiger partial charge is 0.410 e. The SMILES string of the molecule is CC(C)(C)OC(=O)N1C[C@H]2CN(c3ccc(N)cc3)C[C@@H]2C1. The molecule has 0 saturated carbocycles. The highest BCUT2D eigenvalue weighted by atomic mass is 16.6. The molecule has 2 heterocycles. The number of carbonyl (C=O) groups is 1. The van der Waals surface area contributed by atoms with Gasteiger partial charge in [0.2, 0.25) is 0 Å². The van der Waals surface area contributed by atoms with E-state index < -0.39 is 5.60 Å². The maximum absolute atomic E-state index is 12.2. The molecule has 0 bridgehead atoms. The number of hydrogen-bond acceptors (Lipinski definition) is 4. The number of fused-ring (bicyclic) bond motifs is 1. The van der Waals surface area contributed by atoms with E-state index in [4.69, 9.17) is 10.5 Å². The Morgan fingerprint density at radius 1 is 1.09 bits per heavy atom. The maximum Gasteiger partial charge on any atom is 0.410 e. The van der Waals surface area contributed by atoms with E-state index in [1.54, 1.807) is 0 Å². The Balaban J connectivity index is 1.58. The number of hydrogen-bond donors (Lipinski definition) is 1. The van der Waals surface area contributed by atoms with E-state index in [0.29, 0.717) is 11.8 Å². The van der Waals surface area contributed by atoms with Crippen LogP contribution >= 0.6 is 0 Å². The number of carbonyl (C=O) groups excluding carboxylic acids is 1. The molecule has 0 radical (unpaired) electrons. The van der Waals surface area contributed by atoms with Crippen molar-refractivity contribution < 1.29 is 9.53 Å². The van der Waals surface area contributed by atoms with Crippen molar-refractivity contribution >= 4 is 17.5 Å². The number of amides is 1. The number of nitrogens with zero attached hydrogens (tertiary/aromatic N) is 2. The molecule has 2 aliphatic rings. The van der Waals surface area contributed by atoms with Crippen molar-refractivity contribution in [3.8, 4) is 0 Å². The first-order chi connectivity index (χ1) is 10.3. The fourth-order valence-electron chi connectivity index (χ4n) is 3.36. The Morgan fingerprint density at radius 3 is 2.14 bits per heavy atom. The fraction of sp³-hybridized carbons (Fsp3) is 0.588. The summed E-state index contributed by atoms with van der Waals surface area (Å²) < 4.78 is 5.47. The Kier molecular flexibility index (Phi) is 3.67. The van der Waals surface area contributed by atoms with Crippen LogP contribution in [0.25, 0.3) is 0 Å². The van der Waals surface area contributed by atoms with Crippen molar-refractivity contribution in [1.82, 2.24) is 4.90 Å². The second-order valence-corrected chi connectivity index (χ2v) is 7.40. The molecule has 0 aliphatic carbocycles. The number of rotatable bonds is 1. The first-order valence-corrected chi connectivity index (χ1v) is 7.90. The van der Waals surface area contributed by atoms with Crippen LogP contribution < -0.4 is 10.6 Å². The van der Waals surface area contributed by atoms with Gasteiger partial charge in [0.25, 0.3) is 0 Å². The van der Waals surface area contributed by atoms with E-state index in [-0.39, 0.29) is 6.09 Å². The molecule has 0 spiro atoms. The van der Waals surface area contributed by atoms with Crippen molar-refractivity contribution in [3.63, 3.8) is 0 Å². The number of ether oxygens (including phenoxy) is 1. The third kappa shape index (κ3) is 3.13. The van der Waals surface area contributed by atoms with Crippen LogP contribution in [0.4, 0.5) is 16.2 Å². The highest BCUT2D eigenvalue weighted by Gasteiger charge is 2.42. The van der Waals surface area contributed by atoms with Crippen LogP contribution in [-0.4, -0.2) is 42.8 Å². The normalized spacial score (nSPS) is 24.5. The molecule has 0 aromatic heterocycles. The van der Waals surface area contributed by atoms with Crippen LogP contribution in [0.3, 0.4) is 0 Å². The van der Waals surface area contributed by atoms with Crippen molar-refractivity contribution in [1.29, 1.82) is 0 Å². The van der Waals surface area contributed by atoms with Crippen LogP contribution in [-0.2, 0) is 4.74 Å². The number of likely N-dealkylation sites (tertiary alicyclic amines) is 1. The molecular formula is C17H25N3O2. The van der Waals surface area contributed by atoms with Gasteiger partial charge in [-0.05, 0) is 45.0 Å². The molecule has 2 fully saturated rings. The van der Waals surface area contributed by atoms with Crippen molar-refractivity contribution in [2.45, 2.75) is 26.4 Å². The highest BCUT2D eigenvalue weighted by molar-refractivity contribution is 5.68. The first-order valence-electron chi connectivity index (χ1n) is 7.90. The minimum atomic E-state index is -0.426. The van der Waals surface area contributed by atoms with Crippen LogP contribution in [0.1, 0.15) is 20.8 Å². The molecular weight excluding hydrogens is 278 g/mol. The maximum atomic E-state index is 12.2. The van der Waals surface area contributed by atoms with E-state index >= 15 is 0 Å². The first kappa shape index (κ1) is 15.0. The summed E-state index contributed by atoms with van der Waals surface area (Å²) >= 11 is 0. The molecule has 2 aliphatic heterocycles. The third-order valence-corrected chi connectivity index (χ3v) is 4.40. The second-order valence-electron chi connectivity index (χ2n) is 7.40. The lowest BCUT2D eigenvalue weighted by Gasteiger charge is -2.26. The predicted molar refractivity (Wildman–Crippen MR) is 87.9 cm³/mol. The lowest BCUT2D eigenvalue weighted by molar-refractivity contribution is 0.0282. The van der Waals surface area contributed by atoms with E-state index in [0.717, 1.165) is 31.9 Å². The van der Waals surface area contributed by atoms with Gasteiger partial charge in [-0.15, -0.1) is 0 Å². The predicted octanol–water partition coefficient (Wildman–Crippen LogP) is 2.57. The molecule has 120 valence electrons. The molecule has 1 aromatic rings. The van der Waals surface area contributed by atoms with Crippen LogP contribution in [0.15, 0.2) is 24.3 Å². The Hall–Kier alpha value is -1.91. The van der Waals surface area contributed by atoms with E-state index in [1.165, 1.54) is 5.69 Å². The molecule has 5 heteroatoms. The topological polar surface area (TPSA) is 58.8 Å². The van der Waals surface area contributed by atoms with Gasteiger partial charge in [0.15, 0.2) is 0 Å². The number of anilines is 2. The second kappa shape index (κ2) is 5.38. The summed E-state index contributed by atoms with van der Waals surface area (Å²) in [5.74, 6) is 1.06. The van der Waals surface area contributed by atoms with Gasteiger partial charge in [-0.3, -0.25) is 0 Å². The molecule has 3 rings (SSSR count). The Bertz CT molecular complexity index is 536. The summed E-state index contributed by atoms with van der Waals surface area (Å²) in [4.78, 5) is 16.4. The average molecular weight is 303 g/mol. The lowest BCUT2D eigenvalue weighted by atomic mass is 10.0. The summed E-state index contributed by atoms with van der Waals surface area (Å²) in [6.45, 7) is 9.30. The molecule has 1 aromatic carbocycles. The van der Waals surface area contributed by atoms with Crippen LogP contribution in [0.2, 0.25) is 0 Å². The molecule has 2 atom stereocenters. The van der Waals surface area contributed by atoms with Gasteiger partial charge in [-0.25, -0.2) is 4.79 Å². The summed E-state index contributed by atoms with van der Waals surface area (Å²) in [5, 5.41) is 0. The standard InChI is InChI=1S/C17H25N3O2/c1-17(2,3)22-16(21)20-10-12-8-19(9-13(12)11-20)15-6-4-14(18)5-7-15/h4-7,12-13H,8-11,18H2,1-3H3/t12-,13-/m1/s1. The summed E-state index contributed by atoms with van der Waals surface area (Å²) in [6.07, 6.45) is -0.180. The monoisotopic (exact) mass is 303 g/mol. The summed E-state index contributed by atoms with van der Waals surface area (Å²) in [6, 6.07) is 8.02. The number of nitrogen functional groups attached to an aromatic ring is 1. The van der Waals surface area contributed by atoms with Gasteiger partial charge in [0.1, 0.15) is 5.60 Å². The van der Waals surface area contributed by atoms with Gasteiger partial charge >= 0.3 is 6.09 Å². The molecule has 22 heavy (non-hydrogen) atoms. The van der Waals surface area contributed by atoms with Crippen molar-refractivity contribution in [3.05, 3.63) is 24.3 Å². The van der Waals surface area contributed by atoms with Crippen molar-refractivity contribution in [2.24, 2.45) is 11.8 Å². The van der Waals surface area contributed by atoms with E-state index in [2.05, 4.69) is 17.0 Å². The van der Waals surface area contributed by atoms with Crippen LogP contribution in [0, 0.1) is 11.8 Å². The van der Waals surface area contributed by atoms with Gasteiger partial charge < -0.3 is 20.3 Å². The van der Waals surface area contributed by atoms with Gasteiger partial charge in [0, 0.05) is 49.4 Å². The van der Waals surface area contributed by atoms with Gasteiger partial charge in [-0.1, -0.05) is 0 Å². The zero-order valence-corrected chi connectivity index (χ0v) is 13.6. The van der Waals surface area contributed by atoms with Crippen molar-refractivity contribution in [2.75, 3.05) is 36.8 Å². The van der Waals surface area contributed by atoms with E-state index in [9.17, 15) is 4.79 Å². The molecule has 2 saturated heterocycles. The van der Waals surface area contributed by atoms with Gasteiger partial charge in [-0.2, -0.15) is 0 Å². The molecule has 2 N–H and O–H groups in total. The Labute approximate surface area is 132 Å². The summed E-state index contributed by atoms with van der Waals surface area (Å²) in [5.41, 5.74) is 7.32. The Morgan fingerprint density at radius 2 is 1.64 bits per heavy atom. The largest absolute Gasteiger partial charge is 0.444 e.